The van der Waals surface area contributed by atoms with Crippen molar-refractivity contribution in [1.29, 1.82) is 0 Å². The van der Waals surface area contributed by atoms with E-state index in [9.17, 15) is 22.4 Å². The van der Waals surface area contributed by atoms with E-state index in [4.69, 9.17) is 10.5 Å². The van der Waals surface area contributed by atoms with E-state index in [0.29, 0.717) is 24.0 Å². The summed E-state index contributed by atoms with van der Waals surface area (Å²) in [6, 6.07) is 10.0. The molecule has 2 fully saturated rings. The summed E-state index contributed by atoms with van der Waals surface area (Å²) in [5.41, 5.74) is 6.34. The fraction of sp³-hybridized carbons (Fsp3) is 0.500. The molecule has 1 amide bonds. The molecule has 8 heteroatoms. The van der Waals surface area contributed by atoms with Gasteiger partial charge in [-0.15, -0.1) is 0 Å². The molecule has 2 aromatic carbocycles. The summed E-state index contributed by atoms with van der Waals surface area (Å²) in [5, 5.41) is 3.02. The maximum absolute atomic E-state index is 13.6. The van der Waals surface area contributed by atoms with E-state index in [1.807, 2.05) is 0 Å². The van der Waals surface area contributed by atoms with Crippen LogP contribution in [0, 0.1) is 18.7 Å². The van der Waals surface area contributed by atoms with Crippen LogP contribution in [0.3, 0.4) is 0 Å². The first kappa shape index (κ1) is 24.7. The van der Waals surface area contributed by atoms with Crippen LogP contribution >= 0.6 is 0 Å². The lowest BCUT2D eigenvalue weighted by Gasteiger charge is -2.31. The van der Waals surface area contributed by atoms with E-state index in [0.717, 1.165) is 24.1 Å². The van der Waals surface area contributed by atoms with Crippen molar-refractivity contribution < 1.29 is 27.1 Å². The first-order valence-corrected chi connectivity index (χ1v) is 11.5. The summed E-state index contributed by atoms with van der Waals surface area (Å²) >= 11 is 0. The largest absolute Gasteiger partial charge is 0.416 e. The molecule has 34 heavy (non-hydrogen) atoms. The molecule has 1 aliphatic carbocycles. The zero-order chi connectivity index (χ0) is 24.8. The summed E-state index contributed by atoms with van der Waals surface area (Å²) in [7, 11) is 0. The Morgan fingerprint density at radius 3 is 2.41 bits per heavy atom. The van der Waals surface area contributed by atoms with Crippen LogP contribution in [0.5, 0.6) is 0 Å². The van der Waals surface area contributed by atoms with Gasteiger partial charge in [0.15, 0.2) is 0 Å². The molecule has 1 saturated carbocycles. The Labute approximate surface area is 196 Å². The second kappa shape index (κ2) is 8.96. The Kier molecular flexibility index (Phi) is 6.50. The smallest absolute Gasteiger partial charge is 0.370 e. The number of nitrogens with one attached hydrogen (secondary N) is 1. The normalized spacial score (nSPS) is 30.4. The molecule has 4 rings (SSSR count). The molecule has 0 radical (unpaired) electrons. The fourth-order valence-corrected chi connectivity index (χ4v) is 5.49. The van der Waals surface area contributed by atoms with Gasteiger partial charge in [-0.3, -0.25) is 4.79 Å². The number of rotatable bonds is 5. The maximum Gasteiger partial charge on any atom is 0.416 e. The molecular formula is C26H30F4N2O2. The van der Waals surface area contributed by atoms with Crippen LogP contribution in [0.25, 0.3) is 0 Å². The number of carbonyl (C=O) groups excluding carboxylic acids is 1. The maximum atomic E-state index is 13.6. The van der Waals surface area contributed by atoms with Gasteiger partial charge in [0.05, 0.1) is 23.3 Å². The Morgan fingerprint density at radius 1 is 1.15 bits per heavy atom. The Balaban J connectivity index is 1.61. The predicted octanol–water partition coefficient (Wildman–Crippen LogP) is 5.40. The van der Waals surface area contributed by atoms with Crippen LogP contribution in [-0.2, 0) is 15.7 Å². The van der Waals surface area contributed by atoms with Crippen LogP contribution in [0.2, 0.25) is 0 Å². The number of hydrogen-bond acceptors (Lipinski definition) is 3. The fourth-order valence-electron chi connectivity index (χ4n) is 5.49. The molecule has 2 aliphatic rings. The van der Waals surface area contributed by atoms with E-state index >= 15 is 0 Å². The predicted molar refractivity (Wildman–Crippen MR) is 120 cm³/mol. The molecule has 0 aromatic heterocycles. The Bertz CT molecular complexity index is 1050. The molecule has 3 N–H and O–H groups in total. The molecule has 1 heterocycles. The van der Waals surface area contributed by atoms with E-state index in [-0.39, 0.29) is 35.7 Å². The van der Waals surface area contributed by atoms with Crippen molar-refractivity contribution in [2.24, 2.45) is 11.7 Å². The van der Waals surface area contributed by atoms with Crippen LogP contribution in [0.4, 0.5) is 17.6 Å². The van der Waals surface area contributed by atoms with Gasteiger partial charge in [0.1, 0.15) is 5.82 Å². The lowest BCUT2D eigenvalue weighted by atomic mass is 9.81. The first-order chi connectivity index (χ1) is 15.8. The van der Waals surface area contributed by atoms with E-state index in [2.05, 4.69) is 5.32 Å². The highest BCUT2D eigenvalue weighted by Crippen LogP contribution is 2.47. The average molecular weight is 479 g/mol. The molecule has 0 bridgehead atoms. The second-order valence-electron chi connectivity index (χ2n) is 9.97. The van der Waals surface area contributed by atoms with E-state index in [1.165, 1.54) is 12.1 Å². The third-order valence-corrected chi connectivity index (χ3v) is 7.17. The summed E-state index contributed by atoms with van der Waals surface area (Å²) in [6.45, 7) is 5.08. The minimum absolute atomic E-state index is 0.0141. The van der Waals surface area contributed by atoms with Gasteiger partial charge >= 0.3 is 6.18 Å². The van der Waals surface area contributed by atoms with Gasteiger partial charge in [0.25, 0.3) is 0 Å². The van der Waals surface area contributed by atoms with Gasteiger partial charge in [-0.25, -0.2) is 4.39 Å². The molecule has 4 nitrogen and oxygen atoms in total. The van der Waals surface area contributed by atoms with Crippen molar-refractivity contribution in [2.75, 3.05) is 0 Å². The van der Waals surface area contributed by atoms with Gasteiger partial charge in [0.2, 0.25) is 5.91 Å². The molecule has 1 aliphatic heterocycles. The number of aryl methyl sites for hydroxylation is 1. The van der Waals surface area contributed by atoms with Crippen LogP contribution in [0.1, 0.15) is 67.4 Å². The number of alkyl halides is 3. The standard InChI is InChI=1S/C26H30F4N2O2/c1-14-10-17(12-18(11-14)26(28,29)30)15(2)34-22-9-8-20(21-13-25(3,31)24(33)32-21)23(22)16-4-6-19(27)7-5-16/h4-7,10-12,15,20-23H,8-9,13,31H2,1-3H3,(H,32,33)/t15-,20+,21-,22+,23+,25-/m1/s1. The van der Waals surface area contributed by atoms with Crippen molar-refractivity contribution in [1.82, 2.24) is 5.32 Å². The molecular weight excluding hydrogens is 448 g/mol. The average Bonchev–Trinajstić information content (AvgIpc) is 3.27. The zero-order valence-electron chi connectivity index (χ0n) is 19.5. The molecule has 2 aromatic rings. The SMILES string of the molecule is Cc1cc([C@@H](C)O[C@H]2CC[C@@H]([C@H]3C[C@@](C)(N)C(=O)N3)[C@@H]2c2ccc(F)cc2)cc(C(F)(F)F)c1. The van der Waals surface area contributed by atoms with Gasteiger partial charge in [-0.05, 0) is 81.3 Å². The third-order valence-electron chi connectivity index (χ3n) is 7.17. The Morgan fingerprint density at radius 2 is 1.82 bits per heavy atom. The highest BCUT2D eigenvalue weighted by Gasteiger charge is 2.49. The van der Waals surface area contributed by atoms with Crippen LogP contribution < -0.4 is 11.1 Å². The van der Waals surface area contributed by atoms with Gasteiger partial charge in [-0.1, -0.05) is 23.8 Å². The number of amides is 1. The lowest BCUT2D eigenvalue weighted by Crippen LogP contribution is -2.43. The highest BCUT2D eigenvalue weighted by atomic mass is 19.4. The minimum Gasteiger partial charge on any atom is -0.370 e. The molecule has 0 unspecified atom stereocenters. The topological polar surface area (TPSA) is 64.3 Å². The van der Waals surface area contributed by atoms with E-state index < -0.39 is 23.4 Å². The third kappa shape index (κ3) is 4.98. The van der Waals surface area contributed by atoms with Gasteiger partial charge < -0.3 is 15.8 Å². The van der Waals surface area contributed by atoms with Gasteiger partial charge in [-0.2, -0.15) is 13.2 Å². The summed E-state index contributed by atoms with van der Waals surface area (Å²) in [5.74, 6) is -0.700. The molecule has 0 spiro atoms. The molecule has 1 saturated heterocycles. The number of hydrogen-bond donors (Lipinski definition) is 2. The highest BCUT2D eigenvalue weighted by molar-refractivity contribution is 5.88. The van der Waals surface area contributed by atoms with Crippen LogP contribution in [0.15, 0.2) is 42.5 Å². The number of carbonyl (C=O) groups is 1. The Hall–Kier alpha value is -2.45. The van der Waals surface area contributed by atoms with Crippen molar-refractivity contribution >= 4 is 5.91 Å². The molecule has 6 atom stereocenters. The second-order valence-corrected chi connectivity index (χ2v) is 9.97. The zero-order valence-corrected chi connectivity index (χ0v) is 19.5. The lowest BCUT2D eigenvalue weighted by molar-refractivity contribution is -0.137. The monoisotopic (exact) mass is 478 g/mol. The van der Waals surface area contributed by atoms with Crippen LogP contribution in [-0.4, -0.2) is 23.6 Å². The summed E-state index contributed by atoms with van der Waals surface area (Å²) in [6.07, 6.45) is -3.42. The summed E-state index contributed by atoms with van der Waals surface area (Å²) < 4.78 is 60.0. The number of ether oxygens (including phenoxy) is 1. The van der Waals surface area contributed by atoms with Crippen molar-refractivity contribution in [2.45, 2.75) is 75.9 Å². The first-order valence-electron chi connectivity index (χ1n) is 11.5. The van der Waals surface area contributed by atoms with E-state index in [1.54, 1.807) is 39.0 Å². The summed E-state index contributed by atoms with van der Waals surface area (Å²) in [4.78, 5) is 12.3. The van der Waals surface area contributed by atoms with Crippen molar-refractivity contribution in [3.8, 4) is 0 Å². The quantitative estimate of drug-likeness (QED) is 0.566. The van der Waals surface area contributed by atoms with Crippen molar-refractivity contribution in [3.63, 3.8) is 0 Å². The number of halogens is 4. The number of benzene rings is 2. The van der Waals surface area contributed by atoms with Crippen molar-refractivity contribution in [3.05, 3.63) is 70.5 Å². The molecule has 184 valence electrons. The van der Waals surface area contributed by atoms with Gasteiger partial charge in [0, 0.05) is 12.0 Å². The minimum atomic E-state index is -4.44. The number of nitrogens with two attached hydrogens (primary N) is 1.